The molecule has 0 aliphatic heterocycles. The minimum Gasteiger partial charge on any atom is -0.456 e. The average molecular weight is 782 g/mol. The molecule has 0 radical (unpaired) electrons. The third-order valence-electron chi connectivity index (χ3n) is 12.4. The van der Waals surface area contributed by atoms with Crippen LogP contribution in [0.15, 0.2) is 156 Å². The number of furan rings is 1. The van der Waals surface area contributed by atoms with Crippen LogP contribution in [0.5, 0.6) is 0 Å². The number of hydrogen-bond acceptors (Lipinski definition) is 4. The molecule has 0 fully saturated rings. The standard InChI is InChI=1S/C55H35N5O/c1-3-33-13-5-6-14-39(33)54-34(4-2)22-24-50-55(54)42-17-8-11-19-49(42)59(50)37-23-21-35(30-56)43(26-37)44-27-38(25-36(31-57)47(44)32-58)60-48-18-10-7-15-40(48)45-28-46-41-16-9-12-20-52(41)61-53(46)29-51(45)60/h5-29H,3-4H2,1-2H3. The normalized spacial score (nSPS) is 11.5. The average Bonchev–Trinajstić information content (AvgIpc) is 3.96. The molecule has 8 aromatic carbocycles. The Morgan fingerprint density at radius 3 is 1.89 bits per heavy atom. The molecule has 0 bridgehead atoms. The lowest BCUT2D eigenvalue weighted by atomic mass is 9.89. The second-order valence-electron chi connectivity index (χ2n) is 15.5. The number of fused-ring (bicyclic) bond motifs is 9. The fraction of sp³-hybridized carbons (Fsp3) is 0.0727. The molecule has 0 saturated heterocycles. The second-order valence-corrected chi connectivity index (χ2v) is 15.5. The van der Waals surface area contributed by atoms with Crippen LogP contribution in [-0.4, -0.2) is 9.13 Å². The van der Waals surface area contributed by atoms with Crippen LogP contribution in [0.2, 0.25) is 0 Å². The molecule has 0 aliphatic rings. The molecule has 0 saturated carbocycles. The number of nitriles is 3. The Hall–Kier alpha value is -8.37. The number of para-hydroxylation sites is 3. The van der Waals surface area contributed by atoms with Gasteiger partial charge in [0.2, 0.25) is 0 Å². The summed E-state index contributed by atoms with van der Waals surface area (Å²) in [6.45, 7) is 4.41. The van der Waals surface area contributed by atoms with Gasteiger partial charge in [0.1, 0.15) is 23.3 Å². The van der Waals surface area contributed by atoms with E-state index >= 15 is 0 Å². The van der Waals surface area contributed by atoms with Crippen molar-refractivity contribution in [3.05, 3.63) is 179 Å². The molecule has 6 nitrogen and oxygen atoms in total. The van der Waals surface area contributed by atoms with E-state index in [1.54, 1.807) is 6.07 Å². The van der Waals surface area contributed by atoms with E-state index in [1.165, 1.54) is 27.6 Å². The Kier molecular flexibility index (Phi) is 8.14. The first-order valence-corrected chi connectivity index (χ1v) is 20.6. The van der Waals surface area contributed by atoms with Crippen molar-refractivity contribution in [3.8, 4) is 51.8 Å². The first-order chi connectivity index (χ1) is 30.0. The lowest BCUT2D eigenvalue weighted by Gasteiger charge is -2.17. The van der Waals surface area contributed by atoms with Gasteiger partial charge in [0, 0.05) is 60.9 Å². The Morgan fingerprint density at radius 2 is 1.11 bits per heavy atom. The van der Waals surface area contributed by atoms with Gasteiger partial charge in [-0.15, -0.1) is 0 Å². The molecule has 0 amide bonds. The smallest absolute Gasteiger partial charge is 0.137 e. The van der Waals surface area contributed by atoms with Gasteiger partial charge in [-0.2, -0.15) is 15.8 Å². The van der Waals surface area contributed by atoms with Gasteiger partial charge in [-0.25, -0.2) is 0 Å². The Morgan fingerprint density at radius 1 is 0.443 bits per heavy atom. The summed E-state index contributed by atoms with van der Waals surface area (Å²) in [6.07, 6.45) is 1.80. The SMILES string of the molecule is CCc1ccccc1-c1c(CC)ccc2c1c1ccccc1n2-c1ccc(C#N)c(-c2cc(-n3c4ccccc4c4cc5c(cc43)oc3ccccc35)cc(C#N)c2C#N)c1. The summed E-state index contributed by atoms with van der Waals surface area (Å²) >= 11 is 0. The van der Waals surface area contributed by atoms with E-state index in [0.717, 1.165) is 78.7 Å². The molecule has 286 valence electrons. The molecule has 0 atom stereocenters. The van der Waals surface area contributed by atoms with E-state index in [0.29, 0.717) is 22.4 Å². The second kappa shape index (κ2) is 13.9. The number of hydrogen-bond donors (Lipinski definition) is 0. The zero-order chi connectivity index (χ0) is 41.4. The topological polar surface area (TPSA) is 94.4 Å². The maximum absolute atomic E-state index is 10.8. The van der Waals surface area contributed by atoms with Crippen molar-refractivity contribution in [3.63, 3.8) is 0 Å². The van der Waals surface area contributed by atoms with Crippen LogP contribution in [0.1, 0.15) is 41.7 Å². The first kappa shape index (κ1) is 35.8. The lowest BCUT2D eigenvalue weighted by molar-refractivity contribution is 0.669. The third-order valence-corrected chi connectivity index (χ3v) is 12.4. The highest BCUT2D eigenvalue weighted by Gasteiger charge is 2.24. The summed E-state index contributed by atoms with van der Waals surface area (Å²) in [5, 5.41) is 38.6. The van der Waals surface area contributed by atoms with Crippen molar-refractivity contribution in [1.29, 1.82) is 15.8 Å². The summed E-state index contributed by atoms with van der Waals surface area (Å²) in [5.74, 6) is 0. The fourth-order valence-corrected chi connectivity index (χ4v) is 9.69. The van der Waals surface area contributed by atoms with Crippen LogP contribution in [0.4, 0.5) is 0 Å². The molecular formula is C55H35N5O. The highest BCUT2D eigenvalue weighted by Crippen LogP contribution is 2.44. The Balaban J connectivity index is 1.18. The summed E-state index contributed by atoms with van der Waals surface area (Å²) in [7, 11) is 0. The largest absolute Gasteiger partial charge is 0.456 e. The molecule has 0 aliphatic carbocycles. The zero-order valence-electron chi connectivity index (χ0n) is 33.5. The van der Waals surface area contributed by atoms with Crippen molar-refractivity contribution in [2.45, 2.75) is 26.7 Å². The van der Waals surface area contributed by atoms with Crippen molar-refractivity contribution in [2.75, 3.05) is 0 Å². The van der Waals surface area contributed by atoms with Crippen LogP contribution in [0.3, 0.4) is 0 Å². The van der Waals surface area contributed by atoms with Gasteiger partial charge in [0.05, 0.1) is 44.8 Å². The van der Waals surface area contributed by atoms with Gasteiger partial charge in [-0.05, 0) is 95.8 Å². The molecule has 0 N–H and O–H groups in total. The summed E-state index contributed by atoms with van der Waals surface area (Å²) in [4.78, 5) is 0. The molecule has 61 heavy (non-hydrogen) atoms. The van der Waals surface area contributed by atoms with Crippen molar-refractivity contribution in [2.24, 2.45) is 0 Å². The molecule has 3 heterocycles. The summed E-state index contributed by atoms with van der Waals surface area (Å²) < 4.78 is 10.8. The lowest BCUT2D eigenvalue weighted by Crippen LogP contribution is -2.01. The zero-order valence-corrected chi connectivity index (χ0v) is 33.5. The molecular weight excluding hydrogens is 747 g/mol. The minimum absolute atomic E-state index is 0.216. The molecule has 3 aromatic heterocycles. The quantitative estimate of drug-likeness (QED) is 0.168. The highest BCUT2D eigenvalue weighted by atomic mass is 16.3. The van der Waals surface area contributed by atoms with Crippen LogP contribution in [0.25, 0.3) is 99.2 Å². The van der Waals surface area contributed by atoms with Gasteiger partial charge in [0.25, 0.3) is 0 Å². The van der Waals surface area contributed by atoms with E-state index < -0.39 is 0 Å². The molecule has 0 unspecified atom stereocenters. The van der Waals surface area contributed by atoms with E-state index in [-0.39, 0.29) is 11.1 Å². The predicted octanol–water partition coefficient (Wildman–Crippen LogP) is 13.9. The monoisotopic (exact) mass is 781 g/mol. The highest BCUT2D eigenvalue weighted by molar-refractivity contribution is 6.18. The van der Waals surface area contributed by atoms with E-state index in [9.17, 15) is 15.8 Å². The summed E-state index contributed by atoms with van der Waals surface area (Å²) in [6, 6.07) is 58.8. The maximum atomic E-state index is 10.8. The third kappa shape index (κ3) is 5.25. The number of aromatic nitrogens is 2. The van der Waals surface area contributed by atoms with Gasteiger partial charge in [-0.1, -0.05) is 98.8 Å². The van der Waals surface area contributed by atoms with Gasteiger partial charge >= 0.3 is 0 Å². The number of benzene rings is 8. The van der Waals surface area contributed by atoms with Gasteiger partial charge in [0.15, 0.2) is 0 Å². The number of nitrogens with zero attached hydrogens (tertiary/aromatic N) is 5. The van der Waals surface area contributed by atoms with Gasteiger partial charge in [-0.3, -0.25) is 0 Å². The number of aryl methyl sites for hydroxylation is 2. The number of rotatable bonds is 6. The minimum atomic E-state index is 0.216. The Bertz CT molecular complexity index is 3780. The van der Waals surface area contributed by atoms with Crippen molar-refractivity contribution >= 4 is 65.6 Å². The molecule has 11 aromatic rings. The van der Waals surface area contributed by atoms with Crippen LogP contribution < -0.4 is 0 Å². The van der Waals surface area contributed by atoms with Crippen molar-refractivity contribution < 1.29 is 4.42 Å². The molecule has 0 spiro atoms. The van der Waals surface area contributed by atoms with E-state index in [1.807, 2.05) is 54.6 Å². The first-order valence-electron chi connectivity index (χ1n) is 20.6. The fourth-order valence-electron chi connectivity index (χ4n) is 9.69. The maximum Gasteiger partial charge on any atom is 0.137 e. The van der Waals surface area contributed by atoms with Gasteiger partial charge < -0.3 is 13.6 Å². The summed E-state index contributed by atoms with van der Waals surface area (Å²) in [5.41, 5.74) is 14.0. The van der Waals surface area contributed by atoms with Crippen LogP contribution in [-0.2, 0) is 12.8 Å². The van der Waals surface area contributed by atoms with Crippen LogP contribution >= 0.6 is 0 Å². The molecule has 6 heteroatoms. The van der Waals surface area contributed by atoms with Crippen LogP contribution in [0, 0.1) is 34.0 Å². The molecule has 11 rings (SSSR count). The van der Waals surface area contributed by atoms with E-state index in [4.69, 9.17) is 4.42 Å². The van der Waals surface area contributed by atoms with E-state index in [2.05, 4.69) is 132 Å². The van der Waals surface area contributed by atoms with Crippen molar-refractivity contribution in [1.82, 2.24) is 9.13 Å². The predicted molar refractivity (Wildman–Crippen MR) is 246 cm³/mol. The Labute approximate surface area is 351 Å².